The SMILES string of the molecule is CC(C)NCCCC[C@H](NC(=O)CNC(=O)CNC(=O)CNC(C)C)C(N)=O. The van der Waals surface area contributed by atoms with Crippen molar-refractivity contribution in [2.75, 3.05) is 26.2 Å². The van der Waals surface area contributed by atoms with Gasteiger partial charge in [0.2, 0.25) is 23.6 Å². The van der Waals surface area contributed by atoms with Crippen LogP contribution in [0.1, 0.15) is 47.0 Å². The second kappa shape index (κ2) is 14.8. The number of nitrogens with two attached hydrogens (primary N) is 1. The van der Waals surface area contributed by atoms with E-state index in [-0.39, 0.29) is 31.6 Å². The molecule has 0 aromatic carbocycles. The zero-order valence-corrected chi connectivity index (χ0v) is 17.4. The minimum atomic E-state index is -0.773. The van der Waals surface area contributed by atoms with Crippen LogP contribution in [-0.2, 0) is 19.2 Å². The van der Waals surface area contributed by atoms with Crippen LogP contribution in [0.15, 0.2) is 0 Å². The number of rotatable bonds is 15. The maximum absolute atomic E-state index is 11.9. The van der Waals surface area contributed by atoms with E-state index in [2.05, 4.69) is 40.4 Å². The van der Waals surface area contributed by atoms with E-state index in [4.69, 9.17) is 5.73 Å². The van der Waals surface area contributed by atoms with E-state index in [1.54, 1.807) is 0 Å². The summed E-state index contributed by atoms with van der Waals surface area (Å²) in [5.41, 5.74) is 5.32. The zero-order valence-electron chi connectivity index (χ0n) is 17.4. The Morgan fingerprint density at radius 1 is 0.750 bits per heavy atom. The first-order valence-corrected chi connectivity index (χ1v) is 9.70. The first-order valence-electron chi connectivity index (χ1n) is 9.70. The summed E-state index contributed by atoms with van der Waals surface area (Å²) in [4.78, 5) is 46.6. The Balaban J connectivity index is 4.05. The van der Waals surface area contributed by atoms with Gasteiger partial charge in [-0.05, 0) is 25.8 Å². The molecule has 1 atom stereocenters. The van der Waals surface area contributed by atoms with Crippen LogP contribution in [0.2, 0.25) is 0 Å². The monoisotopic (exact) mass is 400 g/mol. The van der Waals surface area contributed by atoms with Gasteiger partial charge in [-0.2, -0.15) is 0 Å². The summed E-state index contributed by atoms with van der Waals surface area (Å²) in [6.07, 6.45) is 2.03. The molecule has 0 aromatic heterocycles. The Morgan fingerprint density at radius 3 is 1.82 bits per heavy atom. The number of carbonyl (C=O) groups excluding carboxylic acids is 4. The highest BCUT2D eigenvalue weighted by Crippen LogP contribution is 2.00. The Kier molecular flexibility index (Phi) is 13.6. The van der Waals surface area contributed by atoms with Crippen molar-refractivity contribution in [2.24, 2.45) is 5.73 Å². The van der Waals surface area contributed by atoms with Gasteiger partial charge in [-0.1, -0.05) is 27.7 Å². The van der Waals surface area contributed by atoms with Crippen LogP contribution in [-0.4, -0.2) is 67.9 Å². The predicted octanol–water partition coefficient (Wildman–Crippen LogP) is -1.64. The lowest BCUT2D eigenvalue weighted by Gasteiger charge is -2.16. The van der Waals surface area contributed by atoms with Crippen molar-refractivity contribution in [3.05, 3.63) is 0 Å². The van der Waals surface area contributed by atoms with Gasteiger partial charge in [0.05, 0.1) is 19.6 Å². The van der Waals surface area contributed by atoms with E-state index in [1.807, 2.05) is 13.8 Å². The largest absolute Gasteiger partial charge is 0.368 e. The fourth-order valence-corrected chi connectivity index (χ4v) is 2.17. The number of carbonyl (C=O) groups is 4. The average molecular weight is 401 g/mol. The second-order valence-electron chi connectivity index (χ2n) is 7.22. The Labute approximate surface area is 167 Å². The predicted molar refractivity (Wildman–Crippen MR) is 107 cm³/mol. The van der Waals surface area contributed by atoms with Crippen LogP contribution in [0.5, 0.6) is 0 Å². The molecule has 10 heteroatoms. The van der Waals surface area contributed by atoms with Crippen LogP contribution >= 0.6 is 0 Å². The van der Waals surface area contributed by atoms with Crippen LogP contribution in [0.4, 0.5) is 0 Å². The molecule has 0 bridgehead atoms. The molecule has 0 aromatic rings. The summed E-state index contributed by atoms with van der Waals surface area (Å²) >= 11 is 0. The van der Waals surface area contributed by atoms with Crippen LogP contribution in [0, 0.1) is 0 Å². The Bertz CT molecular complexity index is 510. The highest BCUT2D eigenvalue weighted by atomic mass is 16.2. The maximum Gasteiger partial charge on any atom is 0.240 e. The van der Waals surface area contributed by atoms with Crippen molar-refractivity contribution in [3.63, 3.8) is 0 Å². The van der Waals surface area contributed by atoms with E-state index >= 15 is 0 Å². The van der Waals surface area contributed by atoms with Crippen molar-refractivity contribution in [2.45, 2.75) is 65.1 Å². The van der Waals surface area contributed by atoms with Gasteiger partial charge in [-0.3, -0.25) is 19.2 Å². The summed E-state index contributed by atoms with van der Waals surface area (Å²) in [6, 6.07) is -0.218. The second-order valence-corrected chi connectivity index (χ2v) is 7.22. The van der Waals surface area contributed by atoms with Crippen molar-refractivity contribution in [3.8, 4) is 0 Å². The molecule has 4 amide bonds. The molecular formula is C18H36N6O4. The molecule has 0 saturated heterocycles. The molecule has 0 aliphatic rings. The third kappa shape index (κ3) is 14.9. The molecule has 0 spiro atoms. The number of unbranched alkanes of at least 4 members (excludes halogenated alkanes) is 1. The van der Waals surface area contributed by atoms with Gasteiger partial charge in [0, 0.05) is 12.1 Å². The van der Waals surface area contributed by atoms with Gasteiger partial charge >= 0.3 is 0 Å². The van der Waals surface area contributed by atoms with Crippen molar-refractivity contribution < 1.29 is 19.2 Å². The standard InChI is InChI=1S/C18H36N6O4/c1-12(2)20-8-6-5-7-14(18(19)28)24-17(27)11-23-16(26)10-22-15(25)9-21-13(3)4/h12-14,20-21H,5-11H2,1-4H3,(H2,19,28)(H,22,25)(H,23,26)(H,24,27)/t14-/m0/s1. The molecule has 0 aliphatic carbocycles. The lowest BCUT2D eigenvalue weighted by atomic mass is 10.1. The number of hydrogen-bond acceptors (Lipinski definition) is 6. The van der Waals surface area contributed by atoms with Gasteiger partial charge in [-0.15, -0.1) is 0 Å². The van der Waals surface area contributed by atoms with Crippen molar-refractivity contribution in [1.29, 1.82) is 0 Å². The molecule has 0 fully saturated rings. The number of primary amides is 1. The van der Waals surface area contributed by atoms with Gasteiger partial charge in [-0.25, -0.2) is 0 Å². The zero-order chi connectivity index (χ0) is 21.5. The van der Waals surface area contributed by atoms with Gasteiger partial charge < -0.3 is 32.3 Å². The Morgan fingerprint density at radius 2 is 1.29 bits per heavy atom. The fourth-order valence-electron chi connectivity index (χ4n) is 2.17. The quantitative estimate of drug-likeness (QED) is 0.181. The molecule has 0 rings (SSSR count). The summed E-state index contributed by atoms with van der Waals surface area (Å²) < 4.78 is 0. The maximum atomic E-state index is 11.9. The van der Waals surface area contributed by atoms with Crippen LogP contribution in [0.3, 0.4) is 0 Å². The average Bonchev–Trinajstić information content (AvgIpc) is 2.61. The number of hydrogen-bond donors (Lipinski definition) is 6. The molecule has 28 heavy (non-hydrogen) atoms. The molecule has 7 N–H and O–H groups in total. The summed E-state index contributed by atoms with van der Waals surface area (Å²) in [6.45, 7) is 8.32. The molecule has 162 valence electrons. The third-order valence-electron chi connectivity index (χ3n) is 3.71. The molecule has 0 radical (unpaired) electrons. The van der Waals surface area contributed by atoms with Crippen LogP contribution < -0.4 is 32.3 Å². The highest BCUT2D eigenvalue weighted by molar-refractivity contribution is 5.90. The number of nitrogens with one attached hydrogen (secondary N) is 5. The lowest BCUT2D eigenvalue weighted by Crippen LogP contribution is -2.49. The topological polar surface area (TPSA) is 154 Å². The van der Waals surface area contributed by atoms with Crippen LogP contribution in [0.25, 0.3) is 0 Å². The van der Waals surface area contributed by atoms with E-state index in [0.29, 0.717) is 12.5 Å². The normalized spacial score (nSPS) is 11.9. The molecule has 0 unspecified atom stereocenters. The van der Waals surface area contributed by atoms with Crippen molar-refractivity contribution in [1.82, 2.24) is 26.6 Å². The first-order chi connectivity index (χ1) is 13.1. The van der Waals surface area contributed by atoms with Crippen molar-refractivity contribution >= 4 is 23.6 Å². The first kappa shape index (κ1) is 25.8. The summed E-state index contributed by atoms with van der Waals surface area (Å²) in [5, 5.41) is 13.5. The number of amides is 4. The summed E-state index contributed by atoms with van der Waals surface area (Å²) in [7, 11) is 0. The van der Waals surface area contributed by atoms with E-state index < -0.39 is 23.8 Å². The minimum absolute atomic E-state index is 0.110. The van der Waals surface area contributed by atoms with Gasteiger partial charge in [0.15, 0.2) is 0 Å². The van der Waals surface area contributed by atoms with E-state index in [0.717, 1.165) is 19.4 Å². The molecule has 0 saturated carbocycles. The third-order valence-corrected chi connectivity index (χ3v) is 3.71. The fraction of sp³-hybridized carbons (Fsp3) is 0.778. The smallest absolute Gasteiger partial charge is 0.240 e. The molecule has 0 heterocycles. The van der Waals surface area contributed by atoms with Gasteiger partial charge in [0.25, 0.3) is 0 Å². The van der Waals surface area contributed by atoms with Gasteiger partial charge in [0.1, 0.15) is 6.04 Å². The molecule has 10 nitrogen and oxygen atoms in total. The Hall–Kier alpha value is -2.20. The van der Waals surface area contributed by atoms with E-state index in [1.165, 1.54) is 0 Å². The molecule has 0 aliphatic heterocycles. The minimum Gasteiger partial charge on any atom is -0.368 e. The molecular weight excluding hydrogens is 364 g/mol. The highest BCUT2D eigenvalue weighted by Gasteiger charge is 2.18. The van der Waals surface area contributed by atoms with E-state index in [9.17, 15) is 19.2 Å². The lowest BCUT2D eigenvalue weighted by molar-refractivity contribution is -0.129. The summed E-state index contributed by atoms with van der Waals surface area (Å²) in [5.74, 6) is -1.93.